The van der Waals surface area contributed by atoms with Crippen LogP contribution in [0.1, 0.15) is 17.4 Å². The maximum Gasteiger partial charge on any atom is 0.184 e. The first kappa shape index (κ1) is 10.4. The number of benzene rings is 1. The topological polar surface area (TPSA) is 18.5 Å². The van der Waals surface area contributed by atoms with Crippen molar-refractivity contribution in [3.05, 3.63) is 34.3 Å². The number of halogens is 2. The van der Waals surface area contributed by atoms with Crippen molar-refractivity contribution in [2.45, 2.75) is 11.6 Å². The summed E-state index contributed by atoms with van der Waals surface area (Å²) in [7, 11) is 0. The standard InChI is InChI=1S/C10H10BrClO2/c11-6-7-5-8(12)1-2-9(7)10-13-3-4-14-10/h1-2,5,10H,3-4,6H2. The van der Waals surface area contributed by atoms with Gasteiger partial charge >= 0.3 is 0 Å². The van der Waals surface area contributed by atoms with Gasteiger partial charge < -0.3 is 9.47 Å². The SMILES string of the molecule is Clc1ccc(C2OCCO2)c(CBr)c1. The van der Waals surface area contributed by atoms with Crippen LogP contribution in [-0.2, 0) is 14.8 Å². The fourth-order valence-electron chi connectivity index (χ4n) is 1.46. The Bertz CT molecular complexity index is 324. The summed E-state index contributed by atoms with van der Waals surface area (Å²) in [6.07, 6.45) is -0.222. The zero-order valence-corrected chi connectivity index (χ0v) is 9.85. The number of ether oxygens (including phenoxy) is 2. The van der Waals surface area contributed by atoms with Crippen molar-refractivity contribution in [1.82, 2.24) is 0 Å². The molecular weight excluding hydrogens is 267 g/mol. The molecular formula is C10H10BrClO2. The number of hydrogen-bond donors (Lipinski definition) is 0. The van der Waals surface area contributed by atoms with Crippen LogP contribution in [-0.4, -0.2) is 13.2 Å². The van der Waals surface area contributed by atoms with Gasteiger partial charge in [-0.15, -0.1) is 0 Å². The molecule has 0 saturated carbocycles. The zero-order valence-electron chi connectivity index (χ0n) is 7.50. The Hall–Kier alpha value is -0.0900. The lowest BCUT2D eigenvalue weighted by molar-refractivity contribution is -0.0445. The molecule has 14 heavy (non-hydrogen) atoms. The van der Waals surface area contributed by atoms with Crippen molar-refractivity contribution < 1.29 is 9.47 Å². The molecule has 2 nitrogen and oxygen atoms in total. The average molecular weight is 278 g/mol. The second kappa shape index (κ2) is 4.62. The third-order valence-corrected chi connectivity index (χ3v) is 2.96. The monoisotopic (exact) mass is 276 g/mol. The summed E-state index contributed by atoms with van der Waals surface area (Å²) < 4.78 is 10.9. The molecule has 1 aromatic carbocycles. The Labute approximate surface area is 96.3 Å². The minimum Gasteiger partial charge on any atom is -0.346 e. The van der Waals surface area contributed by atoms with Gasteiger partial charge in [-0.05, 0) is 17.7 Å². The number of alkyl halides is 1. The lowest BCUT2D eigenvalue weighted by Crippen LogP contribution is -2.01. The highest BCUT2D eigenvalue weighted by molar-refractivity contribution is 9.08. The van der Waals surface area contributed by atoms with Crippen molar-refractivity contribution in [2.75, 3.05) is 13.2 Å². The summed E-state index contributed by atoms with van der Waals surface area (Å²) >= 11 is 9.32. The van der Waals surface area contributed by atoms with Crippen molar-refractivity contribution in [1.29, 1.82) is 0 Å². The van der Waals surface area contributed by atoms with Gasteiger partial charge in [0.25, 0.3) is 0 Å². The first-order valence-electron chi connectivity index (χ1n) is 4.39. The summed E-state index contributed by atoms with van der Waals surface area (Å²) in [6.45, 7) is 1.32. The first-order chi connectivity index (χ1) is 6.81. The molecule has 1 aliphatic heterocycles. The Morgan fingerprint density at radius 1 is 1.36 bits per heavy atom. The fraction of sp³-hybridized carbons (Fsp3) is 0.400. The maximum absolute atomic E-state index is 5.90. The highest BCUT2D eigenvalue weighted by Crippen LogP contribution is 2.29. The van der Waals surface area contributed by atoms with Gasteiger partial charge in [0.2, 0.25) is 0 Å². The van der Waals surface area contributed by atoms with Crippen LogP contribution in [0.15, 0.2) is 18.2 Å². The van der Waals surface area contributed by atoms with Gasteiger partial charge in [-0.1, -0.05) is 33.6 Å². The van der Waals surface area contributed by atoms with E-state index in [1.807, 2.05) is 18.2 Å². The van der Waals surface area contributed by atoms with Crippen LogP contribution >= 0.6 is 27.5 Å². The first-order valence-corrected chi connectivity index (χ1v) is 5.88. The van der Waals surface area contributed by atoms with Crippen LogP contribution in [0.2, 0.25) is 5.02 Å². The smallest absolute Gasteiger partial charge is 0.184 e. The average Bonchev–Trinajstić information content (AvgIpc) is 2.70. The van der Waals surface area contributed by atoms with E-state index in [4.69, 9.17) is 21.1 Å². The fourth-order valence-corrected chi connectivity index (χ4v) is 2.14. The molecule has 0 unspecified atom stereocenters. The summed E-state index contributed by atoms with van der Waals surface area (Å²) in [5.74, 6) is 0. The molecule has 0 amide bonds. The highest BCUT2D eigenvalue weighted by atomic mass is 79.9. The van der Waals surface area contributed by atoms with Crippen molar-refractivity contribution in [2.24, 2.45) is 0 Å². The largest absolute Gasteiger partial charge is 0.346 e. The molecule has 1 aromatic rings. The van der Waals surface area contributed by atoms with Gasteiger partial charge in [-0.25, -0.2) is 0 Å². The lowest BCUT2D eigenvalue weighted by Gasteiger charge is -2.13. The van der Waals surface area contributed by atoms with E-state index in [0.29, 0.717) is 13.2 Å². The zero-order chi connectivity index (χ0) is 9.97. The molecule has 4 heteroatoms. The quantitative estimate of drug-likeness (QED) is 0.772. The van der Waals surface area contributed by atoms with Crippen LogP contribution in [0, 0.1) is 0 Å². The molecule has 1 aliphatic rings. The molecule has 1 fully saturated rings. The predicted molar refractivity (Wildman–Crippen MR) is 58.7 cm³/mol. The Kier molecular flexibility index (Phi) is 3.44. The highest BCUT2D eigenvalue weighted by Gasteiger charge is 2.20. The summed E-state index contributed by atoms with van der Waals surface area (Å²) in [4.78, 5) is 0. The summed E-state index contributed by atoms with van der Waals surface area (Å²) in [6, 6.07) is 5.74. The molecule has 0 spiro atoms. The van der Waals surface area contributed by atoms with Gasteiger partial charge in [0.15, 0.2) is 6.29 Å². The van der Waals surface area contributed by atoms with Crippen LogP contribution in [0.5, 0.6) is 0 Å². The Morgan fingerprint density at radius 2 is 2.07 bits per heavy atom. The molecule has 1 saturated heterocycles. The van der Waals surface area contributed by atoms with E-state index < -0.39 is 0 Å². The molecule has 0 bridgehead atoms. The van der Waals surface area contributed by atoms with Gasteiger partial charge in [0.1, 0.15) is 0 Å². The molecule has 0 aromatic heterocycles. The normalized spacial score (nSPS) is 17.6. The Balaban J connectivity index is 2.31. The van der Waals surface area contributed by atoms with Crippen LogP contribution < -0.4 is 0 Å². The van der Waals surface area contributed by atoms with E-state index in [-0.39, 0.29) is 6.29 Å². The maximum atomic E-state index is 5.90. The van der Waals surface area contributed by atoms with E-state index >= 15 is 0 Å². The third kappa shape index (κ3) is 2.11. The van der Waals surface area contributed by atoms with Crippen molar-refractivity contribution in [3.63, 3.8) is 0 Å². The summed E-state index contributed by atoms with van der Waals surface area (Å²) in [5.41, 5.74) is 2.17. The molecule has 0 radical (unpaired) electrons. The molecule has 2 rings (SSSR count). The second-order valence-electron chi connectivity index (χ2n) is 3.05. The number of rotatable bonds is 2. The van der Waals surface area contributed by atoms with Gasteiger partial charge in [0, 0.05) is 15.9 Å². The Morgan fingerprint density at radius 3 is 2.71 bits per heavy atom. The third-order valence-electron chi connectivity index (χ3n) is 2.12. The van der Waals surface area contributed by atoms with E-state index in [1.165, 1.54) is 0 Å². The van der Waals surface area contributed by atoms with Gasteiger partial charge in [0.05, 0.1) is 13.2 Å². The van der Waals surface area contributed by atoms with Crippen LogP contribution in [0.4, 0.5) is 0 Å². The van der Waals surface area contributed by atoms with Gasteiger partial charge in [-0.2, -0.15) is 0 Å². The predicted octanol–water partition coefficient (Wildman–Crippen LogP) is 3.28. The molecule has 0 N–H and O–H groups in total. The molecule has 76 valence electrons. The minimum absolute atomic E-state index is 0.222. The molecule has 0 aliphatic carbocycles. The van der Waals surface area contributed by atoms with Crippen molar-refractivity contribution >= 4 is 27.5 Å². The lowest BCUT2D eigenvalue weighted by atomic mass is 10.1. The summed E-state index contributed by atoms with van der Waals surface area (Å²) in [5, 5.41) is 1.49. The van der Waals surface area contributed by atoms with E-state index in [0.717, 1.165) is 21.5 Å². The minimum atomic E-state index is -0.222. The van der Waals surface area contributed by atoms with E-state index in [2.05, 4.69) is 15.9 Å². The van der Waals surface area contributed by atoms with E-state index in [9.17, 15) is 0 Å². The second-order valence-corrected chi connectivity index (χ2v) is 4.05. The van der Waals surface area contributed by atoms with Crippen LogP contribution in [0.25, 0.3) is 0 Å². The van der Waals surface area contributed by atoms with E-state index in [1.54, 1.807) is 0 Å². The van der Waals surface area contributed by atoms with Gasteiger partial charge in [-0.3, -0.25) is 0 Å². The molecule has 0 atom stereocenters. The number of hydrogen-bond acceptors (Lipinski definition) is 2. The van der Waals surface area contributed by atoms with Crippen molar-refractivity contribution in [3.8, 4) is 0 Å². The van der Waals surface area contributed by atoms with Crippen LogP contribution in [0.3, 0.4) is 0 Å². The molecule has 1 heterocycles.